The summed E-state index contributed by atoms with van der Waals surface area (Å²) in [6, 6.07) is 11.6. The number of rotatable bonds is 5. The zero-order valence-corrected chi connectivity index (χ0v) is 18.4. The summed E-state index contributed by atoms with van der Waals surface area (Å²) in [6.45, 7) is 1.89. The van der Waals surface area contributed by atoms with Crippen LogP contribution in [0.15, 0.2) is 70.4 Å². The van der Waals surface area contributed by atoms with Gasteiger partial charge in [0.2, 0.25) is 0 Å². The van der Waals surface area contributed by atoms with Crippen LogP contribution in [0.1, 0.15) is 5.56 Å². The Hall–Kier alpha value is -4.25. The Morgan fingerprint density at radius 3 is 2.55 bits per heavy atom. The molecule has 11 heteroatoms. The molecule has 0 radical (unpaired) electrons. The molecule has 5 rings (SSSR count). The third kappa shape index (κ3) is 3.57. The van der Waals surface area contributed by atoms with E-state index in [0.717, 1.165) is 5.56 Å². The normalized spacial score (nSPS) is 11.7. The average molecular weight is 462 g/mol. The van der Waals surface area contributed by atoms with Crippen molar-refractivity contribution in [3.63, 3.8) is 0 Å². The lowest BCUT2D eigenvalue weighted by Gasteiger charge is -2.08. The second-order valence-corrected chi connectivity index (χ2v) is 9.09. The Labute approximate surface area is 188 Å². The number of aromatic nitrogens is 5. The fourth-order valence-corrected chi connectivity index (χ4v) is 4.80. The van der Waals surface area contributed by atoms with E-state index >= 15 is 0 Å². The summed E-state index contributed by atoms with van der Waals surface area (Å²) in [6.07, 6.45) is 4.69. The van der Waals surface area contributed by atoms with Gasteiger partial charge in [-0.05, 0) is 37.3 Å². The summed E-state index contributed by atoms with van der Waals surface area (Å²) in [7, 11) is -2.37. The molecular formula is C22H18N6O4S. The van der Waals surface area contributed by atoms with Crippen molar-refractivity contribution >= 4 is 27.1 Å². The Bertz CT molecular complexity index is 1590. The van der Waals surface area contributed by atoms with Crippen molar-refractivity contribution in [3.05, 3.63) is 66.6 Å². The number of nitrogens with zero attached hydrogens (tertiary/aromatic N) is 5. The van der Waals surface area contributed by atoms with Gasteiger partial charge in [0.15, 0.2) is 0 Å². The third-order valence-electron chi connectivity index (χ3n) is 5.11. The van der Waals surface area contributed by atoms with E-state index in [-0.39, 0.29) is 16.8 Å². The summed E-state index contributed by atoms with van der Waals surface area (Å²) in [5.74, 6) is 0.647. The predicted molar refractivity (Wildman–Crippen MR) is 121 cm³/mol. The lowest BCUT2D eigenvalue weighted by Crippen LogP contribution is -2.11. The molecule has 0 bridgehead atoms. The number of aryl methyl sites for hydroxylation is 1. The molecule has 0 fully saturated rings. The summed E-state index contributed by atoms with van der Waals surface area (Å²) < 4.78 is 38.8. The lowest BCUT2D eigenvalue weighted by molar-refractivity contribution is 0.413. The lowest BCUT2D eigenvalue weighted by atomic mass is 10.1. The Morgan fingerprint density at radius 2 is 1.85 bits per heavy atom. The Kier molecular flexibility index (Phi) is 4.82. The molecule has 0 aliphatic rings. The Balaban J connectivity index is 1.77. The first-order chi connectivity index (χ1) is 15.9. The second kappa shape index (κ2) is 7.71. The van der Waals surface area contributed by atoms with Gasteiger partial charge in [0.1, 0.15) is 11.4 Å². The Morgan fingerprint density at radius 1 is 1.06 bits per heavy atom. The SMILES string of the molecule is COc1cncc(-c2cn(S(=O)(=O)c3ccc(C)cc3)c3ccc(-c4nnc(N)o4)nc23)c1. The highest BCUT2D eigenvalue weighted by molar-refractivity contribution is 7.90. The van der Waals surface area contributed by atoms with E-state index in [2.05, 4.69) is 20.2 Å². The molecule has 0 aliphatic carbocycles. The van der Waals surface area contributed by atoms with Gasteiger partial charge in [-0.25, -0.2) is 17.4 Å². The van der Waals surface area contributed by atoms with E-state index in [0.29, 0.717) is 33.6 Å². The smallest absolute Gasteiger partial charge is 0.313 e. The maximum Gasteiger partial charge on any atom is 0.313 e. The van der Waals surface area contributed by atoms with Crippen LogP contribution < -0.4 is 10.5 Å². The molecule has 4 aromatic heterocycles. The highest BCUT2D eigenvalue weighted by Crippen LogP contribution is 2.34. The first kappa shape index (κ1) is 20.6. The molecule has 4 heterocycles. The van der Waals surface area contributed by atoms with Crippen LogP contribution in [-0.4, -0.2) is 39.7 Å². The average Bonchev–Trinajstić information content (AvgIpc) is 3.43. The molecule has 5 aromatic rings. The first-order valence-corrected chi connectivity index (χ1v) is 11.2. The first-order valence-electron chi connectivity index (χ1n) is 9.80. The number of anilines is 1. The second-order valence-electron chi connectivity index (χ2n) is 7.28. The highest BCUT2D eigenvalue weighted by atomic mass is 32.2. The number of benzene rings is 1. The van der Waals surface area contributed by atoms with Crippen LogP contribution in [0.3, 0.4) is 0 Å². The number of hydrogen-bond donors (Lipinski definition) is 1. The van der Waals surface area contributed by atoms with Gasteiger partial charge in [-0.15, -0.1) is 5.10 Å². The molecule has 10 nitrogen and oxygen atoms in total. The van der Waals surface area contributed by atoms with E-state index in [9.17, 15) is 8.42 Å². The minimum absolute atomic E-state index is 0.0939. The van der Waals surface area contributed by atoms with Crippen LogP contribution in [-0.2, 0) is 10.0 Å². The van der Waals surface area contributed by atoms with Crippen LogP contribution in [0.25, 0.3) is 33.7 Å². The molecule has 166 valence electrons. The largest absolute Gasteiger partial charge is 0.495 e. The van der Waals surface area contributed by atoms with Crippen molar-refractivity contribution in [2.75, 3.05) is 12.8 Å². The van der Waals surface area contributed by atoms with Gasteiger partial charge in [-0.3, -0.25) is 4.98 Å². The van der Waals surface area contributed by atoms with E-state index in [1.54, 1.807) is 54.9 Å². The topological polar surface area (TPSA) is 139 Å². The number of nitrogen functional groups attached to an aromatic ring is 1. The zero-order chi connectivity index (χ0) is 23.2. The quantitative estimate of drug-likeness (QED) is 0.417. The van der Waals surface area contributed by atoms with Gasteiger partial charge in [0, 0.05) is 23.5 Å². The molecule has 0 aliphatic heterocycles. The molecule has 0 saturated heterocycles. The number of fused-ring (bicyclic) bond motifs is 1. The molecule has 33 heavy (non-hydrogen) atoms. The molecule has 0 saturated carbocycles. The van der Waals surface area contributed by atoms with E-state index in [1.165, 1.54) is 17.3 Å². The van der Waals surface area contributed by atoms with Crippen LogP contribution in [0, 0.1) is 6.92 Å². The predicted octanol–water partition coefficient (Wildman–Crippen LogP) is 3.28. The van der Waals surface area contributed by atoms with Gasteiger partial charge in [-0.1, -0.05) is 22.8 Å². The minimum Gasteiger partial charge on any atom is -0.495 e. The summed E-state index contributed by atoms with van der Waals surface area (Å²) in [5, 5.41) is 7.53. The number of pyridine rings is 2. The molecule has 1 aromatic carbocycles. The number of nitrogens with two attached hydrogens (primary N) is 1. The van der Waals surface area contributed by atoms with Gasteiger partial charge in [0.25, 0.3) is 15.9 Å². The van der Waals surface area contributed by atoms with Crippen LogP contribution in [0.4, 0.5) is 6.01 Å². The van der Waals surface area contributed by atoms with Crippen molar-refractivity contribution in [2.45, 2.75) is 11.8 Å². The van der Waals surface area contributed by atoms with Crippen LogP contribution in [0.5, 0.6) is 5.75 Å². The maximum atomic E-state index is 13.5. The molecule has 0 unspecified atom stereocenters. The summed E-state index contributed by atoms with van der Waals surface area (Å²) in [4.78, 5) is 8.98. The van der Waals surface area contributed by atoms with Gasteiger partial charge < -0.3 is 14.9 Å². The van der Waals surface area contributed by atoms with Gasteiger partial charge in [0.05, 0.1) is 29.2 Å². The van der Waals surface area contributed by atoms with Crippen molar-refractivity contribution in [1.82, 2.24) is 24.1 Å². The van der Waals surface area contributed by atoms with Gasteiger partial charge in [-0.2, -0.15) is 0 Å². The number of methoxy groups -OCH3 is 1. The third-order valence-corrected chi connectivity index (χ3v) is 6.80. The van der Waals surface area contributed by atoms with Crippen molar-refractivity contribution in [2.24, 2.45) is 0 Å². The fourth-order valence-electron chi connectivity index (χ4n) is 3.44. The van der Waals surface area contributed by atoms with E-state index in [1.807, 2.05) is 6.92 Å². The van der Waals surface area contributed by atoms with E-state index in [4.69, 9.17) is 14.9 Å². The molecule has 0 spiro atoms. The van der Waals surface area contributed by atoms with Crippen LogP contribution in [0.2, 0.25) is 0 Å². The van der Waals surface area contributed by atoms with E-state index < -0.39 is 10.0 Å². The number of ether oxygens (including phenoxy) is 1. The number of hydrogen-bond acceptors (Lipinski definition) is 9. The van der Waals surface area contributed by atoms with Crippen molar-refractivity contribution in [1.29, 1.82) is 0 Å². The summed E-state index contributed by atoms with van der Waals surface area (Å²) >= 11 is 0. The van der Waals surface area contributed by atoms with Crippen molar-refractivity contribution < 1.29 is 17.6 Å². The molecule has 0 atom stereocenters. The molecular weight excluding hydrogens is 444 g/mol. The highest BCUT2D eigenvalue weighted by Gasteiger charge is 2.24. The maximum absolute atomic E-state index is 13.5. The molecule has 0 amide bonds. The fraction of sp³-hybridized carbons (Fsp3) is 0.0909. The molecule has 2 N–H and O–H groups in total. The standard InChI is InChI=1S/C22H18N6O4S/c1-13-3-5-16(6-4-13)33(29,30)28-12-17(14-9-15(31-2)11-24-10-14)20-19(28)8-7-18(25-20)21-26-27-22(23)32-21/h3-12H,1-2H3,(H2,23,27). The van der Waals surface area contributed by atoms with Crippen molar-refractivity contribution in [3.8, 4) is 28.5 Å². The summed E-state index contributed by atoms with van der Waals surface area (Å²) in [5.41, 5.74) is 8.82. The zero-order valence-electron chi connectivity index (χ0n) is 17.6. The van der Waals surface area contributed by atoms with Crippen LogP contribution >= 0.6 is 0 Å². The minimum atomic E-state index is -3.90. The van der Waals surface area contributed by atoms with Gasteiger partial charge >= 0.3 is 6.01 Å². The monoisotopic (exact) mass is 462 g/mol.